The van der Waals surface area contributed by atoms with Gasteiger partial charge >= 0.3 is 12.1 Å². The molecule has 2 aliphatic heterocycles. The summed E-state index contributed by atoms with van der Waals surface area (Å²) in [4.78, 5) is 26.9. The lowest BCUT2D eigenvalue weighted by Gasteiger charge is -2.37. The van der Waals surface area contributed by atoms with Gasteiger partial charge in [-0.3, -0.25) is 4.90 Å². The van der Waals surface area contributed by atoms with Crippen LogP contribution in [-0.2, 0) is 20.9 Å². The van der Waals surface area contributed by atoms with E-state index in [1.165, 1.54) is 12.0 Å². The third-order valence-electron chi connectivity index (χ3n) is 5.55. The first kappa shape index (κ1) is 17.4. The molecule has 0 radical (unpaired) electrons. The minimum Gasteiger partial charge on any atom is -0.467 e. The average Bonchev–Trinajstić information content (AvgIpc) is 3.14. The summed E-state index contributed by atoms with van der Waals surface area (Å²) >= 11 is 0. The van der Waals surface area contributed by atoms with Crippen LogP contribution in [0, 0.1) is 0 Å². The Bertz CT molecular complexity index is 869. The van der Waals surface area contributed by atoms with Crippen molar-refractivity contribution in [2.24, 2.45) is 0 Å². The van der Waals surface area contributed by atoms with Gasteiger partial charge in [0, 0.05) is 11.6 Å². The number of ether oxygens (including phenoxy) is 2. The highest BCUT2D eigenvalue weighted by Gasteiger charge is 2.59. The molecule has 2 aromatic rings. The van der Waals surface area contributed by atoms with Crippen LogP contribution in [0.4, 0.5) is 10.5 Å². The smallest absolute Gasteiger partial charge is 0.412 e. The van der Waals surface area contributed by atoms with Gasteiger partial charge in [-0.15, -0.1) is 0 Å². The molecule has 0 spiro atoms. The first-order chi connectivity index (χ1) is 13.0. The topological polar surface area (TPSA) is 67.9 Å². The molecule has 0 bridgehead atoms. The number of hydrogen-bond donors (Lipinski definition) is 1. The molecule has 2 heterocycles. The van der Waals surface area contributed by atoms with Crippen LogP contribution in [-0.4, -0.2) is 35.8 Å². The Hall–Kier alpha value is -3.02. The number of nitrogens with one attached hydrogen (secondary N) is 1. The largest absolute Gasteiger partial charge is 0.467 e. The molecule has 4 rings (SSSR count). The highest BCUT2D eigenvalue weighted by Crippen LogP contribution is 2.53. The third kappa shape index (κ3) is 2.81. The van der Waals surface area contributed by atoms with E-state index in [1.807, 2.05) is 61.5 Å². The summed E-state index contributed by atoms with van der Waals surface area (Å²) in [6, 6.07) is 16.7. The van der Waals surface area contributed by atoms with Gasteiger partial charge in [-0.05, 0) is 30.5 Å². The summed E-state index contributed by atoms with van der Waals surface area (Å²) in [5.41, 5.74) is 2.24. The number of para-hydroxylation sites is 1. The van der Waals surface area contributed by atoms with Gasteiger partial charge in [-0.25, -0.2) is 9.59 Å². The van der Waals surface area contributed by atoms with Crippen LogP contribution >= 0.6 is 0 Å². The standard InChI is InChI=1S/C21H22N2O4/c1-21-16(15-10-6-7-11-17(15)22-21)12-18(19(24)26-2)23(21)20(25)27-13-14-8-4-3-5-9-14/h3-11,16,18,22H,12-13H2,1-2H3/t16?,18-,21?/m0/s1. The van der Waals surface area contributed by atoms with Crippen LogP contribution < -0.4 is 5.32 Å². The molecule has 6 nitrogen and oxygen atoms in total. The zero-order valence-electron chi connectivity index (χ0n) is 15.3. The quantitative estimate of drug-likeness (QED) is 0.842. The van der Waals surface area contributed by atoms with Crippen molar-refractivity contribution in [1.82, 2.24) is 4.90 Å². The molecule has 0 aliphatic carbocycles. The van der Waals surface area contributed by atoms with Crippen molar-refractivity contribution >= 4 is 17.7 Å². The second-order valence-corrected chi connectivity index (χ2v) is 7.10. The van der Waals surface area contributed by atoms with Gasteiger partial charge in [-0.1, -0.05) is 48.5 Å². The first-order valence-corrected chi connectivity index (χ1v) is 8.99. The molecule has 2 aliphatic rings. The van der Waals surface area contributed by atoms with E-state index in [-0.39, 0.29) is 12.5 Å². The Morgan fingerprint density at radius 2 is 1.85 bits per heavy atom. The van der Waals surface area contributed by atoms with Crippen LogP contribution in [0.15, 0.2) is 54.6 Å². The molecule has 1 fully saturated rings. The van der Waals surface area contributed by atoms with E-state index in [0.29, 0.717) is 6.42 Å². The Kier molecular flexibility index (Phi) is 4.26. The maximum Gasteiger partial charge on any atom is 0.412 e. The van der Waals surface area contributed by atoms with Crippen LogP contribution in [0.2, 0.25) is 0 Å². The lowest BCUT2D eigenvalue weighted by atomic mass is 9.90. The number of anilines is 1. The summed E-state index contributed by atoms with van der Waals surface area (Å²) in [5, 5.41) is 3.43. The summed E-state index contributed by atoms with van der Waals surface area (Å²) in [6.07, 6.45) is -0.0345. The molecule has 2 aromatic carbocycles. The van der Waals surface area contributed by atoms with Crippen molar-refractivity contribution in [3.63, 3.8) is 0 Å². The maximum atomic E-state index is 13.0. The molecule has 0 aromatic heterocycles. The number of amides is 1. The summed E-state index contributed by atoms with van der Waals surface area (Å²) in [5.74, 6) is -0.441. The first-order valence-electron chi connectivity index (χ1n) is 8.99. The number of fused-ring (bicyclic) bond motifs is 3. The molecule has 1 amide bonds. The Morgan fingerprint density at radius 3 is 2.59 bits per heavy atom. The molecule has 0 saturated carbocycles. The minimum absolute atomic E-state index is 0.0120. The second kappa shape index (κ2) is 6.61. The molecule has 1 N–H and O–H groups in total. The fraction of sp³-hybridized carbons (Fsp3) is 0.333. The van der Waals surface area contributed by atoms with E-state index in [0.717, 1.165) is 16.8 Å². The van der Waals surface area contributed by atoms with Crippen molar-refractivity contribution in [3.05, 3.63) is 65.7 Å². The van der Waals surface area contributed by atoms with Crippen molar-refractivity contribution in [2.75, 3.05) is 12.4 Å². The van der Waals surface area contributed by atoms with Crippen LogP contribution in [0.3, 0.4) is 0 Å². The van der Waals surface area contributed by atoms with Crippen molar-refractivity contribution in [2.45, 2.75) is 37.6 Å². The number of carbonyl (C=O) groups is 2. The zero-order chi connectivity index (χ0) is 19.0. The number of rotatable bonds is 3. The number of likely N-dealkylation sites (tertiary alicyclic amines) is 1. The van der Waals surface area contributed by atoms with Crippen LogP contribution in [0.25, 0.3) is 0 Å². The average molecular weight is 366 g/mol. The van der Waals surface area contributed by atoms with Gasteiger partial charge in [0.15, 0.2) is 0 Å². The van der Waals surface area contributed by atoms with Crippen molar-refractivity contribution < 1.29 is 19.1 Å². The molecular weight excluding hydrogens is 344 g/mol. The van der Waals surface area contributed by atoms with Crippen LogP contribution in [0.1, 0.15) is 30.4 Å². The van der Waals surface area contributed by atoms with E-state index in [1.54, 1.807) is 0 Å². The molecule has 1 saturated heterocycles. The maximum absolute atomic E-state index is 13.0. The molecule has 3 atom stereocenters. The Morgan fingerprint density at radius 1 is 1.15 bits per heavy atom. The number of methoxy groups -OCH3 is 1. The van der Waals surface area contributed by atoms with E-state index in [4.69, 9.17) is 9.47 Å². The molecular formula is C21H22N2O4. The third-order valence-corrected chi connectivity index (χ3v) is 5.55. The summed E-state index contributed by atoms with van der Waals surface area (Å²) in [6.45, 7) is 2.09. The monoisotopic (exact) mass is 366 g/mol. The van der Waals surface area contributed by atoms with Crippen molar-refractivity contribution in [1.29, 1.82) is 0 Å². The van der Waals surface area contributed by atoms with E-state index < -0.39 is 23.8 Å². The van der Waals surface area contributed by atoms with Gasteiger partial charge in [0.25, 0.3) is 0 Å². The summed E-state index contributed by atoms with van der Waals surface area (Å²) in [7, 11) is 1.34. The van der Waals surface area contributed by atoms with Crippen molar-refractivity contribution in [3.8, 4) is 0 Å². The lowest BCUT2D eigenvalue weighted by molar-refractivity contribution is -0.146. The molecule has 27 heavy (non-hydrogen) atoms. The van der Waals surface area contributed by atoms with E-state index in [9.17, 15) is 9.59 Å². The van der Waals surface area contributed by atoms with Gasteiger partial charge in [-0.2, -0.15) is 0 Å². The van der Waals surface area contributed by atoms with Gasteiger partial charge in [0.1, 0.15) is 18.3 Å². The fourth-order valence-electron chi connectivity index (χ4n) is 4.26. The minimum atomic E-state index is -0.740. The van der Waals surface area contributed by atoms with Crippen LogP contribution in [0.5, 0.6) is 0 Å². The molecule has 2 unspecified atom stereocenters. The van der Waals surface area contributed by atoms with Gasteiger partial charge in [0.2, 0.25) is 0 Å². The van der Waals surface area contributed by atoms with Gasteiger partial charge < -0.3 is 14.8 Å². The second-order valence-electron chi connectivity index (χ2n) is 7.10. The Balaban J connectivity index is 1.62. The number of esters is 1. The fourth-order valence-corrected chi connectivity index (χ4v) is 4.26. The van der Waals surface area contributed by atoms with E-state index >= 15 is 0 Å². The number of benzene rings is 2. The summed E-state index contributed by atoms with van der Waals surface area (Å²) < 4.78 is 10.5. The number of hydrogen-bond acceptors (Lipinski definition) is 5. The van der Waals surface area contributed by atoms with Gasteiger partial charge in [0.05, 0.1) is 7.11 Å². The predicted molar refractivity (Wildman–Crippen MR) is 100 cm³/mol. The number of nitrogens with zero attached hydrogens (tertiary/aromatic N) is 1. The molecule has 140 valence electrons. The SMILES string of the molecule is COC(=O)[C@@H]1CC2c3ccccc3NC2(C)N1C(=O)OCc1ccccc1. The lowest BCUT2D eigenvalue weighted by Crippen LogP contribution is -2.55. The highest BCUT2D eigenvalue weighted by molar-refractivity contribution is 5.85. The number of carbonyl (C=O) groups excluding carboxylic acids is 2. The predicted octanol–water partition coefficient (Wildman–Crippen LogP) is 3.50. The highest BCUT2D eigenvalue weighted by atomic mass is 16.6. The van der Waals surface area contributed by atoms with E-state index in [2.05, 4.69) is 5.32 Å². The Labute approximate surface area is 158 Å². The zero-order valence-corrected chi connectivity index (χ0v) is 15.3. The normalized spacial score (nSPS) is 25.3. The molecule has 6 heteroatoms.